The van der Waals surface area contributed by atoms with Crippen molar-refractivity contribution in [2.75, 3.05) is 5.75 Å². The van der Waals surface area contributed by atoms with Crippen molar-refractivity contribution >= 4 is 45.2 Å². The zero-order valence-corrected chi connectivity index (χ0v) is 24.1. The molecule has 9 heteroatoms. The zero-order valence-electron chi connectivity index (χ0n) is 21.7. The molecule has 200 valence electrons. The standard InChI is InChI=1S/C29H32BrN3O4S/c1-29(2,3)31-28(35)26(17-21-8-5-4-6-9-21)32(18-23-10-7-11-24(30)16-23)27(34)20-38-19-22-12-14-25(15-13-22)33(36)37/h4-16,26H,17-20H2,1-3H3,(H,31,35)/t26-/m0/s1. The SMILES string of the molecule is CC(C)(C)NC(=O)[C@H](Cc1ccccc1)N(Cc1cccc(Br)c1)C(=O)CSCc1ccc([N+](=O)[O-])cc1. The van der Waals surface area contributed by atoms with E-state index in [1.165, 1.54) is 23.9 Å². The molecule has 2 amide bonds. The van der Waals surface area contributed by atoms with Gasteiger partial charge in [0.25, 0.3) is 5.69 Å². The van der Waals surface area contributed by atoms with Gasteiger partial charge in [0.1, 0.15) is 6.04 Å². The van der Waals surface area contributed by atoms with Crippen molar-refractivity contribution in [3.63, 3.8) is 0 Å². The molecule has 7 nitrogen and oxygen atoms in total. The van der Waals surface area contributed by atoms with Crippen molar-refractivity contribution in [2.24, 2.45) is 0 Å². The molecule has 0 bridgehead atoms. The van der Waals surface area contributed by atoms with Gasteiger partial charge in [-0.25, -0.2) is 0 Å². The molecule has 0 aromatic heterocycles. The van der Waals surface area contributed by atoms with E-state index >= 15 is 0 Å². The second-order valence-electron chi connectivity index (χ2n) is 10.0. The molecule has 0 spiro atoms. The highest BCUT2D eigenvalue weighted by Gasteiger charge is 2.32. The fourth-order valence-corrected chi connectivity index (χ4v) is 5.21. The van der Waals surface area contributed by atoms with Crippen LogP contribution in [0.3, 0.4) is 0 Å². The predicted molar refractivity (Wildman–Crippen MR) is 156 cm³/mol. The van der Waals surface area contributed by atoms with Crippen LogP contribution in [-0.2, 0) is 28.3 Å². The molecule has 3 rings (SSSR count). The van der Waals surface area contributed by atoms with Crippen LogP contribution in [0.25, 0.3) is 0 Å². The number of hydrogen-bond donors (Lipinski definition) is 1. The largest absolute Gasteiger partial charge is 0.350 e. The van der Waals surface area contributed by atoms with E-state index in [1.807, 2.05) is 75.4 Å². The lowest BCUT2D eigenvalue weighted by atomic mass is 10.0. The van der Waals surface area contributed by atoms with Crippen LogP contribution < -0.4 is 5.32 Å². The van der Waals surface area contributed by atoms with Crippen LogP contribution in [0.1, 0.15) is 37.5 Å². The third kappa shape index (κ3) is 9.29. The Balaban J connectivity index is 1.84. The number of thioether (sulfide) groups is 1. The summed E-state index contributed by atoms with van der Waals surface area (Å²) in [5.74, 6) is 0.331. The van der Waals surface area contributed by atoms with Gasteiger partial charge in [0.05, 0.1) is 10.7 Å². The van der Waals surface area contributed by atoms with Crippen molar-refractivity contribution in [3.8, 4) is 0 Å². The summed E-state index contributed by atoms with van der Waals surface area (Å²) in [5.41, 5.74) is 2.34. The maximum absolute atomic E-state index is 13.7. The molecule has 0 unspecified atom stereocenters. The van der Waals surface area contributed by atoms with Gasteiger partial charge in [-0.05, 0) is 49.6 Å². The lowest BCUT2D eigenvalue weighted by Gasteiger charge is -2.34. The molecule has 0 aliphatic carbocycles. The van der Waals surface area contributed by atoms with Gasteiger partial charge in [0.15, 0.2) is 0 Å². The molecule has 0 saturated carbocycles. The van der Waals surface area contributed by atoms with Crippen LogP contribution in [0.2, 0.25) is 0 Å². The first-order chi connectivity index (χ1) is 18.0. The minimum absolute atomic E-state index is 0.0311. The van der Waals surface area contributed by atoms with E-state index < -0.39 is 16.5 Å². The van der Waals surface area contributed by atoms with Crippen molar-refractivity contribution in [1.82, 2.24) is 10.2 Å². The highest BCUT2D eigenvalue weighted by Crippen LogP contribution is 2.21. The molecule has 38 heavy (non-hydrogen) atoms. The molecular weight excluding hydrogens is 566 g/mol. The second-order valence-corrected chi connectivity index (χ2v) is 11.9. The Labute approximate surface area is 236 Å². The highest BCUT2D eigenvalue weighted by molar-refractivity contribution is 9.10. The second kappa shape index (κ2) is 13.6. The van der Waals surface area contributed by atoms with Crippen LogP contribution in [0, 0.1) is 10.1 Å². The number of nitrogens with zero attached hydrogens (tertiary/aromatic N) is 2. The van der Waals surface area contributed by atoms with Gasteiger partial charge >= 0.3 is 0 Å². The summed E-state index contributed by atoms with van der Waals surface area (Å²) < 4.78 is 0.897. The number of nitrogens with one attached hydrogen (secondary N) is 1. The molecule has 3 aromatic rings. The first-order valence-electron chi connectivity index (χ1n) is 12.2. The molecule has 0 fully saturated rings. The number of rotatable bonds is 11. The van der Waals surface area contributed by atoms with Crippen molar-refractivity contribution < 1.29 is 14.5 Å². The van der Waals surface area contributed by atoms with Gasteiger partial charge in [-0.2, -0.15) is 0 Å². The molecular formula is C29H32BrN3O4S. The molecule has 0 aliphatic heterocycles. The number of non-ortho nitro benzene ring substituents is 1. The maximum Gasteiger partial charge on any atom is 0.269 e. The molecule has 0 aliphatic rings. The van der Waals surface area contributed by atoms with Crippen LogP contribution in [-0.4, -0.2) is 39.0 Å². The van der Waals surface area contributed by atoms with Crippen LogP contribution in [0.4, 0.5) is 5.69 Å². The van der Waals surface area contributed by atoms with Gasteiger partial charge in [-0.3, -0.25) is 19.7 Å². The fraction of sp³-hybridized carbons (Fsp3) is 0.310. The van der Waals surface area contributed by atoms with Gasteiger partial charge in [-0.15, -0.1) is 11.8 Å². The van der Waals surface area contributed by atoms with Crippen molar-refractivity contribution in [3.05, 3.63) is 110 Å². The minimum atomic E-state index is -0.705. The molecule has 0 heterocycles. The van der Waals surface area contributed by atoms with E-state index in [0.717, 1.165) is 21.2 Å². The third-order valence-electron chi connectivity index (χ3n) is 5.65. The summed E-state index contributed by atoms with van der Waals surface area (Å²) in [6.45, 7) is 6.05. The molecule has 0 saturated heterocycles. The Morgan fingerprint density at radius 3 is 2.24 bits per heavy atom. The summed E-state index contributed by atoms with van der Waals surface area (Å²) in [7, 11) is 0. The van der Waals surface area contributed by atoms with Crippen LogP contribution >= 0.6 is 27.7 Å². The minimum Gasteiger partial charge on any atom is -0.350 e. The molecule has 1 atom stereocenters. The number of hydrogen-bond acceptors (Lipinski definition) is 5. The number of nitro benzene ring substituents is 1. The predicted octanol–water partition coefficient (Wildman–Crippen LogP) is 6.15. The normalized spacial score (nSPS) is 12.0. The van der Waals surface area contributed by atoms with Crippen LogP contribution in [0.5, 0.6) is 0 Å². The Morgan fingerprint density at radius 2 is 1.63 bits per heavy atom. The smallest absolute Gasteiger partial charge is 0.269 e. The zero-order chi connectivity index (χ0) is 27.7. The summed E-state index contributed by atoms with van der Waals surface area (Å²) in [4.78, 5) is 39.4. The highest BCUT2D eigenvalue weighted by atomic mass is 79.9. The van der Waals surface area contributed by atoms with Gasteiger partial charge in [0.2, 0.25) is 11.8 Å². The lowest BCUT2D eigenvalue weighted by molar-refractivity contribution is -0.384. The fourth-order valence-electron chi connectivity index (χ4n) is 3.89. The quantitative estimate of drug-likeness (QED) is 0.211. The molecule has 3 aromatic carbocycles. The van der Waals surface area contributed by atoms with E-state index in [2.05, 4.69) is 21.2 Å². The number of halogens is 1. The number of nitro groups is 1. The maximum atomic E-state index is 13.7. The molecule has 1 N–H and O–H groups in total. The van der Waals surface area contributed by atoms with E-state index in [0.29, 0.717) is 12.2 Å². The average Bonchev–Trinajstić information content (AvgIpc) is 2.86. The summed E-state index contributed by atoms with van der Waals surface area (Å²) in [6.07, 6.45) is 0.384. The average molecular weight is 599 g/mol. The number of carbonyl (C=O) groups is 2. The van der Waals surface area contributed by atoms with Crippen LogP contribution in [0.15, 0.2) is 83.3 Å². The van der Waals surface area contributed by atoms with Gasteiger partial charge in [-0.1, -0.05) is 70.5 Å². The first-order valence-corrected chi connectivity index (χ1v) is 14.2. The topological polar surface area (TPSA) is 92.6 Å². The first kappa shape index (κ1) is 29.4. The lowest BCUT2D eigenvalue weighted by Crippen LogP contribution is -2.54. The number of amides is 2. The van der Waals surface area contributed by atoms with E-state index in [9.17, 15) is 19.7 Å². The summed E-state index contributed by atoms with van der Waals surface area (Å²) >= 11 is 4.92. The third-order valence-corrected chi connectivity index (χ3v) is 7.13. The number of benzene rings is 3. The Morgan fingerprint density at radius 1 is 0.974 bits per heavy atom. The Hall–Kier alpha value is -3.17. The Kier molecular flexibility index (Phi) is 10.5. The van der Waals surface area contributed by atoms with E-state index in [-0.39, 0.29) is 29.8 Å². The van der Waals surface area contributed by atoms with Gasteiger partial charge < -0.3 is 10.2 Å². The van der Waals surface area contributed by atoms with Gasteiger partial charge in [0, 0.05) is 40.9 Å². The Bertz CT molecular complexity index is 1250. The summed E-state index contributed by atoms with van der Waals surface area (Å²) in [6, 6.07) is 23.0. The van der Waals surface area contributed by atoms with Crippen molar-refractivity contribution in [2.45, 2.75) is 51.1 Å². The number of carbonyl (C=O) groups excluding carboxylic acids is 2. The van der Waals surface area contributed by atoms with E-state index in [1.54, 1.807) is 17.0 Å². The summed E-state index contributed by atoms with van der Waals surface area (Å²) in [5, 5.41) is 14.0. The van der Waals surface area contributed by atoms with E-state index in [4.69, 9.17) is 0 Å². The monoisotopic (exact) mass is 597 g/mol. The van der Waals surface area contributed by atoms with Crippen molar-refractivity contribution in [1.29, 1.82) is 0 Å². The molecule has 0 radical (unpaired) electrons.